The molecule has 1 unspecified atom stereocenters. The van der Waals surface area contributed by atoms with Gasteiger partial charge < -0.3 is 5.73 Å². The highest BCUT2D eigenvalue weighted by atomic mass is 32.2. The van der Waals surface area contributed by atoms with Crippen molar-refractivity contribution in [2.45, 2.75) is 19.3 Å². The summed E-state index contributed by atoms with van der Waals surface area (Å²) < 4.78 is 12.6. The van der Waals surface area contributed by atoms with Crippen molar-refractivity contribution < 1.29 is 4.39 Å². The fourth-order valence-electron chi connectivity index (χ4n) is 1.84. The van der Waals surface area contributed by atoms with Crippen LogP contribution >= 0.6 is 11.8 Å². The summed E-state index contributed by atoms with van der Waals surface area (Å²) in [4.78, 5) is 0. The average molecular weight is 191 g/mol. The molecule has 1 atom stereocenters. The molecule has 12 heavy (non-hydrogen) atoms. The molecule has 3 heteroatoms. The molecule has 1 heterocycles. The first-order chi connectivity index (χ1) is 5.88. The molecule has 0 radical (unpaired) electrons. The Labute approximate surface area is 78.3 Å². The molecule has 0 aromatic heterocycles. The smallest absolute Gasteiger partial charge is 0.0925 e. The second-order valence-corrected chi connectivity index (χ2v) is 4.67. The van der Waals surface area contributed by atoms with Gasteiger partial charge in [0.2, 0.25) is 0 Å². The number of halogens is 1. The lowest BCUT2D eigenvalue weighted by Gasteiger charge is -2.27. The van der Waals surface area contributed by atoms with Crippen LogP contribution in [0.15, 0.2) is 0 Å². The van der Waals surface area contributed by atoms with Crippen LogP contribution in [0.25, 0.3) is 0 Å². The van der Waals surface area contributed by atoms with E-state index in [0.717, 1.165) is 6.42 Å². The summed E-state index contributed by atoms with van der Waals surface area (Å²) in [7, 11) is 0. The minimum absolute atomic E-state index is 0.174. The molecular formula is C9H18FNS. The van der Waals surface area contributed by atoms with E-state index >= 15 is 0 Å². The van der Waals surface area contributed by atoms with Crippen LogP contribution < -0.4 is 5.73 Å². The summed E-state index contributed by atoms with van der Waals surface area (Å²) in [5.41, 5.74) is 5.44. The zero-order valence-corrected chi connectivity index (χ0v) is 8.28. The lowest BCUT2D eigenvalue weighted by Crippen LogP contribution is -2.23. The Kier molecular flexibility index (Phi) is 5.00. The quantitative estimate of drug-likeness (QED) is 0.736. The number of rotatable bonds is 4. The Morgan fingerprint density at radius 2 is 2.08 bits per heavy atom. The predicted molar refractivity (Wildman–Crippen MR) is 53.2 cm³/mol. The van der Waals surface area contributed by atoms with Crippen molar-refractivity contribution in [3.8, 4) is 0 Å². The number of hydrogen-bond acceptors (Lipinski definition) is 2. The third-order valence-corrected chi connectivity index (χ3v) is 3.72. The molecule has 0 amide bonds. The van der Waals surface area contributed by atoms with Crippen molar-refractivity contribution >= 4 is 11.8 Å². The van der Waals surface area contributed by atoms with Gasteiger partial charge in [0.25, 0.3) is 0 Å². The standard InChI is InChI=1S/C9H18FNS/c10-7-9(1-4-11)8-2-5-12-6-3-8/h8-9H,1-7,11H2. The maximum atomic E-state index is 12.6. The highest BCUT2D eigenvalue weighted by molar-refractivity contribution is 7.99. The van der Waals surface area contributed by atoms with Crippen LogP contribution in [0.3, 0.4) is 0 Å². The summed E-state index contributed by atoms with van der Waals surface area (Å²) >= 11 is 1.99. The summed E-state index contributed by atoms with van der Waals surface area (Å²) in [5.74, 6) is 3.29. The molecule has 0 saturated carbocycles. The van der Waals surface area contributed by atoms with Crippen molar-refractivity contribution in [1.82, 2.24) is 0 Å². The Balaban J connectivity index is 2.29. The molecule has 2 N–H and O–H groups in total. The molecule has 1 aliphatic rings. The van der Waals surface area contributed by atoms with Crippen LogP contribution in [-0.4, -0.2) is 24.7 Å². The van der Waals surface area contributed by atoms with Gasteiger partial charge in [-0.3, -0.25) is 4.39 Å². The predicted octanol–water partition coefficient (Wildman–Crippen LogP) is 2.06. The van der Waals surface area contributed by atoms with E-state index in [9.17, 15) is 4.39 Å². The minimum Gasteiger partial charge on any atom is -0.330 e. The SMILES string of the molecule is NCCC(CF)C1CCSCC1. The van der Waals surface area contributed by atoms with E-state index < -0.39 is 0 Å². The Morgan fingerprint density at radius 3 is 2.58 bits per heavy atom. The minimum atomic E-state index is -0.174. The van der Waals surface area contributed by atoms with Crippen molar-refractivity contribution in [2.75, 3.05) is 24.7 Å². The monoisotopic (exact) mass is 191 g/mol. The molecule has 1 rings (SSSR count). The van der Waals surface area contributed by atoms with E-state index in [1.807, 2.05) is 11.8 Å². The number of thioether (sulfide) groups is 1. The molecule has 0 spiro atoms. The fraction of sp³-hybridized carbons (Fsp3) is 1.00. The molecule has 0 bridgehead atoms. The van der Waals surface area contributed by atoms with Crippen LogP contribution in [0.2, 0.25) is 0 Å². The topological polar surface area (TPSA) is 26.0 Å². The summed E-state index contributed by atoms with van der Waals surface area (Å²) in [5, 5.41) is 0. The summed E-state index contributed by atoms with van der Waals surface area (Å²) in [6, 6.07) is 0. The van der Waals surface area contributed by atoms with Gasteiger partial charge in [-0.25, -0.2) is 0 Å². The van der Waals surface area contributed by atoms with Gasteiger partial charge in [0, 0.05) is 0 Å². The second kappa shape index (κ2) is 5.81. The van der Waals surface area contributed by atoms with Gasteiger partial charge >= 0.3 is 0 Å². The largest absolute Gasteiger partial charge is 0.330 e. The highest BCUT2D eigenvalue weighted by Gasteiger charge is 2.22. The first-order valence-electron chi connectivity index (χ1n) is 4.72. The van der Waals surface area contributed by atoms with Crippen LogP contribution in [0, 0.1) is 11.8 Å². The zero-order valence-electron chi connectivity index (χ0n) is 7.47. The van der Waals surface area contributed by atoms with Gasteiger partial charge in [0.05, 0.1) is 6.67 Å². The van der Waals surface area contributed by atoms with E-state index in [0.29, 0.717) is 12.5 Å². The van der Waals surface area contributed by atoms with Gasteiger partial charge in [-0.1, -0.05) is 0 Å². The van der Waals surface area contributed by atoms with E-state index in [1.165, 1.54) is 24.3 Å². The molecule has 0 aromatic carbocycles. The van der Waals surface area contributed by atoms with Crippen molar-refractivity contribution in [2.24, 2.45) is 17.6 Å². The third-order valence-electron chi connectivity index (χ3n) is 2.67. The number of nitrogens with two attached hydrogens (primary N) is 1. The van der Waals surface area contributed by atoms with E-state index in [2.05, 4.69) is 0 Å². The van der Waals surface area contributed by atoms with Crippen molar-refractivity contribution in [3.05, 3.63) is 0 Å². The second-order valence-electron chi connectivity index (χ2n) is 3.44. The van der Waals surface area contributed by atoms with Gasteiger partial charge in [0.1, 0.15) is 0 Å². The Hall–Kier alpha value is 0.240. The summed E-state index contributed by atoms with van der Waals surface area (Å²) in [6.07, 6.45) is 3.25. The van der Waals surface area contributed by atoms with E-state index in [-0.39, 0.29) is 12.6 Å². The zero-order chi connectivity index (χ0) is 8.81. The lowest BCUT2D eigenvalue weighted by atomic mass is 9.86. The van der Waals surface area contributed by atoms with E-state index in [4.69, 9.17) is 5.73 Å². The van der Waals surface area contributed by atoms with Crippen LogP contribution in [0.5, 0.6) is 0 Å². The first kappa shape index (κ1) is 10.3. The van der Waals surface area contributed by atoms with Gasteiger partial charge in [-0.2, -0.15) is 11.8 Å². The van der Waals surface area contributed by atoms with Gasteiger partial charge in [-0.15, -0.1) is 0 Å². The Bertz CT molecular complexity index is 112. The molecule has 72 valence electrons. The molecule has 1 fully saturated rings. The number of alkyl halides is 1. The first-order valence-corrected chi connectivity index (χ1v) is 5.87. The molecule has 0 aromatic rings. The van der Waals surface area contributed by atoms with Crippen molar-refractivity contribution in [1.29, 1.82) is 0 Å². The fourth-order valence-corrected chi connectivity index (χ4v) is 2.98. The Morgan fingerprint density at radius 1 is 1.42 bits per heavy atom. The van der Waals surface area contributed by atoms with Gasteiger partial charge in [-0.05, 0) is 49.1 Å². The van der Waals surface area contributed by atoms with Crippen LogP contribution in [-0.2, 0) is 0 Å². The molecular weight excluding hydrogens is 173 g/mol. The molecule has 0 aliphatic carbocycles. The highest BCUT2D eigenvalue weighted by Crippen LogP contribution is 2.30. The summed E-state index contributed by atoms with van der Waals surface area (Å²) in [6.45, 7) is 0.463. The maximum absolute atomic E-state index is 12.6. The third kappa shape index (κ3) is 2.94. The van der Waals surface area contributed by atoms with Crippen molar-refractivity contribution in [3.63, 3.8) is 0 Å². The van der Waals surface area contributed by atoms with Gasteiger partial charge in [0.15, 0.2) is 0 Å². The maximum Gasteiger partial charge on any atom is 0.0925 e. The van der Waals surface area contributed by atoms with Crippen LogP contribution in [0.4, 0.5) is 4.39 Å². The van der Waals surface area contributed by atoms with E-state index in [1.54, 1.807) is 0 Å². The number of hydrogen-bond donors (Lipinski definition) is 1. The normalized spacial score (nSPS) is 22.5. The van der Waals surface area contributed by atoms with Crippen LogP contribution in [0.1, 0.15) is 19.3 Å². The molecule has 1 aliphatic heterocycles. The molecule has 1 saturated heterocycles. The average Bonchev–Trinajstić information content (AvgIpc) is 2.15. The molecule has 1 nitrogen and oxygen atoms in total. The lowest BCUT2D eigenvalue weighted by molar-refractivity contribution is 0.235.